The zero-order valence-corrected chi connectivity index (χ0v) is 18.4. The Bertz CT molecular complexity index is 766. The number of nitrogens with one attached hydrogen (secondary N) is 1. The molecule has 2 aliphatic heterocycles. The zero-order chi connectivity index (χ0) is 20.9. The van der Waals surface area contributed by atoms with E-state index in [0.717, 1.165) is 25.9 Å². The molecule has 0 bridgehead atoms. The Morgan fingerprint density at radius 1 is 1.03 bits per heavy atom. The smallest absolute Gasteiger partial charge is 0.280 e. The summed E-state index contributed by atoms with van der Waals surface area (Å²) < 4.78 is 32.8. The molecule has 0 saturated carbocycles. The number of rotatable bonds is 6. The van der Waals surface area contributed by atoms with Crippen LogP contribution in [0.25, 0.3) is 0 Å². The Morgan fingerprint density at radius 3 is 2.17 bits per heavy atom. The van der Waals surface area contributed by atoms with Crippen molar-refractivity contribution in [2.24, 2.45) is 0 Å². The topological polar surface area (TPSA) is 71.4 Å². The van der Waals surface area contributed by atoms with Gasteiger partial charge >= 0.3 is 0 Å². The molecule has 1 atom stereocenters. The summed E-state index contributed by atoms with van der Waals surface area (Å²) in [6, 6.07) is 6.47. The summed E-state index contributed by atoms with van der Waals surface area (Å²) in [7, 11) is -3.52. The predicted molar refractivity (Wildman–Crippen MR) is 112 cm³/mol. The molecule has 0 spiro atoms. The summed E-state index contributed by atoms with van der Waals surface area (Å²) >= 11 is 0. The SMILES string of the molecule is CCOc1ccc(S(=O)(=O)N2CC[NH+]([C@@H](C)C(=O)N3CCCCCC3)CC2)cc1. The summed E-state index contributed by atoms with van der Waals surface area (Å²) in [6.45, 7) is 8.30. The van der Waals surface area contributed by atoms with E-state index < -0.39 is 10.0 Å². The number of ether oxygens (including phenoxy) is 1. The summed E-state index contributed by atoms with van der Waals surface area (Å²) in [4.78, 5) is 16.4. The summed E-state index contributed by atoms with van der Waals surface area (Å²) in [5.41, 5.74) is 0. The van der Waals surface area contributed by atoms with Crippen LogP contribution in [0.5, 0.6) is 5.75 Å². The number of nitrogens with zero attached hydrogens (tertiary/aromatic N) is 2. The van der Waals surface area contributed by atoms with E-state index in [1.165, 1.54) is 22.0 Å². The van der Waals surface area contributed by atoms with Crippen molar-refractivity contribution < 1.29 is 22.8 Å². The van der Waals surface area contributed by atoms with Crippen LogP contribution in [0.2, 0.25) is 0 Å². The van der Waals surface area contributed by atoms with E-state index in [4.69, 9.17) is 4.74 Å². The molecule has 3 rings (SSSR count). The third kappa shape index (κ3) is 5.29. The molecular weight excluding hydrogens is 390 g/mol. The van der Waals surface area contributed by atoms with Gasteiger partial charge in [-0.05, 0) is 51.0 Å². The number of piperazine rings is 1. The highest BCUT2D eigenvalue weighted by molar-refractivity contribution is 7.89. The Morgan fingerprint density at radius 2 is 1.62 bits per heavy atom. The van der Waals surface area contributed by atoms with E-state index in [9.17, 15) is 13.2 Å². The minimum Gasteiger partial charge on any atom is -0.494 e. The van der Waals surface area contributed by atoms with Crippen LogP contribution in [0.4, 0.5) is 0 Å². The van der Waals surface area contributed by atoms with Crippen molar-refractivity contribution in [1.82, 2.24) is 9.21 Å². The van der Waals surface area contributed by atoms with Gasteiger partial charge in [-0.2, -0.15) is 4.31 Å². The lowest BCUT2D eigenvalue weighted by molar-refractivity contribution is -0.918. The molecule has 2 saturated heterocycles. The summed E-state index contributed by atoms with van der Waals surface area (Å²) in [5.74, 6) is 0.881. The van der Waals surface area contributed by atoms with Gasteiger partial charge in [-0.15, -0.1) is 0 Å². The van der Waals surface area contributed by atoms with Gasteiger partial charge in [-0.25, -0.2) is 8.42 Å². The predicted octanol–water partition coefficient (Wildman–Crippen LogP) is 0.766. The van der Waals surface area contributed by atoms with Gasteiger partial charge in [-0.1, -0.05) is 12.8 Å². The minimum atomic E-state index is -3.52. The molecule has 7 nitrogen and oxygen atoms in total. The molecule has 1 amide bonds. The largest absolute Gasteiger partial charge is 0.494 e. The number of benzene rings is 1. The molecule has 162 valence electrons. The van der Waals surface area contributed by atoms with Gasteiger partial charge in [0.15, 0.2) is 6.04 Å². The molecule has 0 unspecified atom stereocenters. The Kier molecular flexibility index (Phi) is 7.54. The van der Waals surface area contributed by atoms with Crippen molar-refractivity contribution >= 4 is 15.9 Å². The van der Waals surface area contributed by atoms with Gasteiger partial charge in [0.25, 0.3) is 5.91 Å². The fourth-order valence-corrected chi connectivity index (χ4v) is 5.65. The van der Waals surface area contributed by atoms with Crippen LogP contribution in [0.3, 0.4) is 0 Å². The van der Waals surface area contributed by atoms with Crippen LogP contribution in [0.1, 0.15) is 39.5 Å². The van der Waals surface area contributed by atoms with E-state index in [0.29, 0.717) is 38.5 Å². The lowest BCUT2D eigenvalue weighted by atomic mass is 10.2. The number of carbonyl (C=O) groups excluding carboxylic acids is 1. The van der Waals surface area contributed by atoms with Crippen molar-refractivity contribution in [3.8, 4) is 5.75 Å². The van der Waals surface area contributed by atoms with Gasteiger partial charge in [0.2, 0.25) is 10.0 Å². The number of carbonyl (C=O) groups is 1. The second kappa shape index (κ2) is 9.91. The average molecular weight is 425 g/mol. The lowest BCUT2D eigenvalue weighted by Crippen LogP contribution is -3.19. The Balaban J connectivity index is 1.58. The first-order valence-electron chi connectivity index (χ1n) is 10.8. The van der Waals surface area contributed by atoms with Crippen molar-refractivity contribution in [2.45, 2.75) is 50.5 Å². The van der Waals surface area contributed by atoms with Gasteiger partial charge in [0, 0.05) is 13.1 Å². The van der Waals surface area contributed by atoms with Gasteiger partial charge in [-0.3, -0.25) is 4.79 Å². The third-order valence-electron chi connectivity index (χ3n) is 6.04. The first-order valence-corrected chi connectivity index (χ1v) is 12.2. The van der Waals surface area contributed by atoms with E-state index in [-0.39, 0.29) is 16.8 Å². The van der Waals surface area contributed by atoms with Crippen molar-refractivity contribution in [1.29, 1.82) is 0 Å². The highest BCUT2D eigenvalue weighted by atomic mass is 32.2. The number of amides is 1. The number of quaternary nitrogens is 1. The van der Waals surface area contributed by atoms with Crippen molar-refractivity contribution in [2.75, 3.05) is 45.9 Å². The van der Waals surface area contributed by atoms with Crippen LogP contribution < -0.4 is 9.64 Å². The molecule has 8 heteroatoms. The maximum atomic E-state index is 13.0. The molecule has 29 heavy (non-hydrogen) atoms. The Hall–Kier alpha value is -1.64. The summed E-state index contributed by atoms with van der Waals surface area (Å²) in [5, 5.41) is 0. The molecule has 1 N–H and O–H groups in total. The molecule has 1 aromatic carbocycles. The van der Waals surface area contributed by atoms with Crippen LogP contribution in [-0.4, -0.2) is 75.4 Å². The highest BCUT2D eigenvalue weighted by Gasteiger charge is 2.36. The maximum absolute atomic E-state index is 13.0. The molecule has 0 aliphatic carbocycles. The normalized spacial score (nSPS) is 20.8. The number of likely N-dealkylation sites (tertiary alicyclic amines) is 1. The highest BCUT2D eigenvalue weighted by Crippen LogP contribution is 2.20. The van der Waals surface area contributed by atoms with Crippen molar-refractivity contribution in [3.05, 3.63) is 24.3 Å². The molecule has 2 fully saturated rings. The van der Waals surface area contributed by atoms with Crippen LogP contribution in [-0.2, 0) is 14.8 Å². The third-order valence-corrected chi connectivity index (χ3v) is 7.95. The maximum Gasteiger partial charge on any atom is 0.280 e. The minimum absolute atomic E-state index is 0.122. The first-order chi connectivity index (χ1) is 13.9. The molecule has 1 aromatic rings. The van der Waals surface area contributed by atoms with Gasteiger partial charge in [0.05, 0.1) is 37.7 Å². The standard InChI is InChI=1S/C21H33N3O4S/c1-3-28-19-8-10-20(11-9-19)29(26,27)24-16-14-22(15-17-24)18(2)21(25)23-12-6-4-5-7-13-23/h8-11,18H,3-7,12-17H2,1-2H3/p+1/t18-/m0/s1. The van der Waals surface area contributed by atoms with E-state index in [1.807, 2.05) is 18.7 Å². The van der Waals surface area contributed by atoms with Crippen LogP contribution >= 0.6 is 0 Å². The monoisotopic (exact) mass is 424 g/mol. The second-order valence-electron chi connectivity index (χ2n) is 7.93. The summed E-state index contributed by atoms with van der Waals surface area (Å²) in [6.07, 6.45) is 4.57. The van der Waals surface area contributed by atoms with Gasteiger partial charge in [0.1, 0.15) is 5.75 Å². The number of hydrogen-bond donors (Lipinski definition) is 1. The van der Waals surface area contributed by atoms with Crippen molar-refractivity contribution in [3.63, 3.8) is 0 Å². The number of hydrogen-bond acceptors (Lipinski definition) is 4. The molecule has 2 aliphatic rings. The second-order valence-corrected chi connectivity index (χ2v) is 9.87. The molecule has 0 radical (unpaired) electrons. The quantitative estimate of drug-likeness (QED) is 0.732. The zero-order valence-electron chi connectivity index (χ0n) is 17.6. The Labute approximate surface area is 174 Å². The van der Waals surface area contributed by atoms with E-state index in [1.54, 1.807) is 24.3 Å². The van der Waals surface area contributed by atoms with E-state index in [2.05, 4.69) is 0 Å². The van der Waals surface area contributed by atoms with Gasteiger partial charge < -0.3 is 14.5 Å². The number of sulfonamides is 1. The van der Waals surface area contributed by atoms with E-state index >= 15 is 0 Å². The fraction of sp³-hybridized carbons (Fsp3) is 0.667. The first kappa shape index (κ1) is 22.1. The van der Waals surface area contributed by atoms with Crippen LogP contribution in [0.15, 0.2) is 29.2 Å². The lowest BCUT2D eigenvalue weighted by Gasteiger charge is -2.35. The fourth-order valence-electron chi connectivity index (χ4n) is 4.21. The average Bonchev–Trinajstić information content (AvgIpc) is 3.03. The molecule has 0 aromatic heterocycles. The molecule has 2 heterocycles. The molecular formula is C21H34N3O4S+. The van der Waals surface area contributed by atoms with Crippen LogP contribution in [0, 0.1) is 0 Å².